The second kappa shape index (κ2) is 5.45. The van der Waals surface area contributed by atoms with Crippen LogP contribution in [0, 0.1) is 13.8 Å². The molecule has 5 nitrogen and oxygen atoms in total. The van der Waals surface area contributed by atoms with E-state index in [-0.39, 0.29) is 5.56 Å². The SMILES string of the molecule is Cc1ccc2[nH]c3c(=O)n(N=Cc4ccccc4)c(C)nc3c2c1. The van der Waals surface area contributed by atoms with E-state index >= 15 is 0 Å². The Morgan fingerprint density at radius 1 is 1.12 bits per heavy atom. The summed E-state index contributed by atoms with van der Waals surface area (Å²) < 4.78 is 1.33. The fourth-order valence-electron chi connectivity index (χ4n) is 2.82. The molecule has 0 atom stereocenters. The summed E-state index contributed by atoms with van der Waals surface area (Å²) in [6.45, 7) is 3.81. The normalized spacial score (nSPS) is 11.8. The van der Waals surface area contributed by atoms with Crippen LogP contribution in [0.4, 0.5) is 0 Å². The van der Waals surface area contributed by atoms with Gasteiger partial charge in [0.1, 0.15) is 16.9 Å². The van der Waals surface area contributed by atoms with Crippen molar-refractivity contribution < 1.29 is 0 Å². The van der Waals surface area contributed by atoms with Gasteiger partial charge in [0.2, 0.25) is 0 Å². The van der Waals surface area contributed by atoms with Gasteiger partial charge in [-0.1, -0.05) is 42.0 Å². The molecule has 2 aromatic heterocycles. The summed E-state index contributed by atoms with van der Waals surface area (Å²) in [7, 11) is 0. The second-order valence-electron chi connectivity index (χ2n) is 5.83. The Hall–Kier alpha value is -3.21. The number of aromatic amines is 1. The van der Waals surface area contributed by atoms with E-state index in [1.165, 1.54) is 4.68 Å². The molecule has 0 spiro atoms. The molecule has 0 aliphatic heterocycles. The third kappa shape index (κ3) is 2.31. The summed E-state index contributed by atoms with van der Waals surface area (Å²) in [5, 5.41) is 5.27. The third-order valence-electron chi connectivity index (χ3n) is 4.03. The van der Waals surface area contributed by atoms with Crippen molar-refractivity contribution in [3.8, 4) is 0 Å². The van der Waals surface area contributed by atoms with Gasteiger partial charge in [0, 0.05) is 10.9 Å². The Labute approximate surface area is 138 Å². The van der Waals surface area contributed by atoms with Gasteiger partial charge in [0.15, 0.2) is 0 Å². The molecule has 118 valence electrons. The quantitative estimate of drug-likeness (QED) is 0.576. The molecule has 0 unspecified atom stereocenters. The molecule has 0 amide bonds. The van der Waals surface area contributed by atoms with Crippen molar-refractivity contribution in [2.24, 2.45) is 5.10 Å². The molecule has 0 aliphatic rings. The third-order valence-corrected chi connectivity index (χ3v) is 4.03. The fourth-order valence-corrected chi connectivity index (χ4v) is 2.82. The van der Waals surface area contributed by atoms with Crippen molar-refractivity contribution in [1.29, 1.82) is 0 Å². The minimum atomic E-state index is -0.196. The van der Waals surface area contributed by atoms with E-state index in [4.69, 9.17) is 0 Å². The molecule has 4 aromatic rings. The Kier molecular flexibility index (Phi) is 3.27. The van der Waals surface area contributed by atoms with Crippen LogP contribution in [0.5, 0.6) is 0 Å². The van der Waals surface area contributed by atoms with Crippen molar-refractivity contribution in [3.63, 3.8) is 0 Å². The number of nitrogens with zero attached hydrogens (tertiary/aromatic N) is 3. The molecule has 1 N–H and O–H groups in total. The Balaban J connectivity index is 1.93. The molecule has 4 rings (SSSR count). The van der Waals surface area contributed by atoms with Crippen LogP contribution in [-0.2, 0) is 0 Å². The van der Waals surface area contributed by atoms with Crippen molar-refractivity contribution in [1.82, 2.24) is 14.6 Å². The zero-order chi connectivity index (χ0) is 16.7. The summed E-state index contributed by atoms with van der Waals surface area (Å²) >= 11 is 0. The van der Waals surface area contributed by atoms with E-state index in [1.54, 1.807) is 13.1 Å². The molecule has 5 heteroatoms. The number of nitrogens with one attached hydrogen (secondary N) is 1. The second-order valence-corrected chi connectivity index (χ2v) is 5.83. The number of aryl methyl sites for hydroxylation is 2. The highest BCUT2D eigenvalue weighted by Gasteiger charge is 2.13. The lowest BCUT2D eigenvalue weighted by molar-refractivity contribution is 0.770. The number of benzene rings is 2. The van der Waals surface area contributed by atoms with Gasteiger partial charge >= 0.3 is 0 Å². The molecule has 0 aliphatic carbocycles. The summed E-state index contributed by atoms with van der Waals surface area (Å²) in [6.07, 6.45) is 1.66. The number of hydrogen-bond donors (Lipinski definition) is 1. The van der Waals surface area contributed by atoms with Crippen molar-refractivity contribution in [2.45, 2.75) is 13.8 Å². The number of fused-ring (bicyclic) bond motifs is 3. The van der Waals surface area contributed by atoms with Crippen LogP contribution in [0.25, 0.3) is 21.9 Å². The molecular weight excluding hydrogens is 300 g/mol. The van der Waals surface area contributed by atoms with Crippen LogP contribution in [0.3, 0.4) is 0 Å². The van der Waals surface area contributed by atoms with Crippen molar-refractivity contribution in [3.05, 3.63) is 75.8 Å². The van der Waals surface area contributed by atoms with Crippen LogP contribution in [0.15, 0.2) is 58.4 Å². The number of rotatable bonds is 2. The summed E-state index contributed by atoms with van der Waals surface area (Å²) in [4.78, 5) is 20.6. The Morgan fingerprint density at radius 2 is 1.92 bits per heavy atom. The predicted octanol–water partition coefficient (Wildman–Crippen LogP) is 3.38. The maximum atomic E-state index is 12.8. The average molecular weight is 316 g/mol. The van der Waals surface area contributed by atoms with Gasteiger partial charge in [-0.3, -0.25) is 4.79 Å². The van der Waals surface area contributed by atoms with E-state index in [1.807, 2.05) is 55.5 Å². The lowest BCUT2D eigenvalue weighted by atomic mass is 10.2. The monoisotopic (exact) mass is 316 g/mol. The van der Waals surface area contributed by atoms with E-state index in [0.717, 1.165) is 22.0 Å². The molecule has 2 aromatic carbocycles. The molecule has 0 bridgehead atoms. The average Bonchev–Trinajstić information content (AvgIpc) is 2.94. The van der Waals surface area contributed by atoms with E-state index in [0.29, 0.717) is 16.9 Å². The van der Waals surface area contributed by atoms with Gasteiger partial charge in [-0.25, -0.2) is 4.98 Å². The number of H-pyrrole nitrogens is 1. The smallest absolute Gasteiger partial charge is 0.298 e. The van der Waals surface area contributed by atoms with Crippen LogP contribution in [-0.4, -0.2) is 20.9 Å². The molecule has 2 heterocycles. The van der Waals surface area contributed by atoms with Gasteiger partial charge in [-0.2, -0.15) is 9.78 Å². The Bertz CT molecular complexity index is 1140. The van der Waals surface area contributed by atoms with Gasteiger partial charge in [0.05, 0.1) is 6.21 Å². The summed E-state index contributed by atoms with van der Waals surface area (Å²) in [5.41, 5.74) is 3.95. The zero-order valence-electron chi connectivity index (χ0n) is 13.4. The summed E-state index contributed by atoms with van der Waals surface area (Å²) in [6, 6.07) is 15.7. The summed E-state index contributed by atoms with van der Waals surface area (Å²) in [5.74, 6) is 0.557. The van der Waals surface area contributed by atoms with E-state index in [2.05, 4.69) is 15.1 Å². The van der Waals surface area contributed by atoms with Gasteiger partial charge in [0.25, 0.3) is 5.56 Å². The first-order valence-corrected chi connectivity index (χ1v) is 7.74. The van der Waals surface area contributed by atoms with Crippen LogP contribution < -0.4 is 5.56 Å². The van der Waals surface area contributed by atoms with E-state index < -0.39 is 0 Å². The molecule has 0 saturated carbocycles. The van der Waals surface area contributed by atoms with Crippen LogP contribution in [0.1, 0.15) is 17.0 Å². The molecule has 0 saturated heterocycles. The predicted molar refractivity (Wildman–Crippen MR) is 96.8 cm³/mol. The maximum Gasteiger partial charge on any atom is 0.298 e. The first kappa shape index (κ1) is 14.4. The highest BCUT2D eigenvalue weighted by atomic mass is 16.1. The lowest BCUT2D eigenvalue weighted by Gasteiger charge is -2.03. The molecule has 0 radical (unpaired) electrons. The van der Waals surface area contributed by atoms with E-state index in [9.17, 15) is 4.79 Å². The van der Waals surface area contributed by atoms with Gasteiger partial charge in [-0.15, -0.1) is 0 Å². The van der Waals surface area contributed by atoms with Gasteiger partial charge < -0.3 is 4.98 Å². The maximum absolute atomic E-state index is 12.8. The van der Waals surface area contributed by atoms with Gasteiger partial charge in [-0.05, 0) is 31.5 Å². The largest absolute Gasteiger partial charge is 0.349 e. The topological polar surface area (TPSA) is 63.0 Å². The lowest BCUT2D eigenvalue weighted by Crippen LogP contribution is -2.20. The molecule has 0 fully saturated rings. The van der Waals surface area contributed by atoms with Crippen LogP contribution in [0.2, 0.25) is 0 Å². The Morgan fingerprint density at radius 3 is 2.71 bits per heavy atom. The minimum absolute atomic E-state index is 0.196. The fraction of sp³-hybridized carbons (Fsp3) is 0.105. The first-order valence-electron chi connectivity index (χ1n) is 7.74. The highest BCUT2D eigenvalue weighted by molar-refractivity contribution is 6.04. The highest BCUT2D eigenvalue weighted by Crippen LogP contribution is 2.22. The standard InChI is InChI=1S/C19H16N4O/c1-12-8-9-16-15(10-12)17-18(22-16)19(24)23(13(2)21-17)20-11-14-6-4-3-5-7-14/h3-11,22H,1-2H3. The minimum Gasteiger partial charge on any atom is -0.349 e. The van der Waals surface area contributed by atoms with Crippen LogP contribution >= 0.6 is 0 Å². The molecular formula is C19H16N4O. The number of aromatic nitrogens is 3. The zero-order valence-corrected chi connectivity index (χ0v) is 13.4. The first-order chi connectivity index (χ1) is 11.6. The van der Waals surface area contributed by atoms with Crippen molar-refractivity contribution in [2.75, 3.05) is 0 Å². The van der Waals surface area contributed by atoms with Crippen molar-refractivity contribution >= 4 is 28.2 Å². The molecule has 24 heavy (non-hydrogen) atoms. The number of hydrogen-bond acceptors (Lipinski definition) is 3.